The molecule has 0 spiro atoms. The molecule has 3 heterocycles. The summed E-state index contributed by atoms with van der Waals surface area (Å²) in [6, 6.07) is 8.31. The summed E-state index contributed by atoms with van der Waals surface area (Å²) in [7, 11) is 1.70. The molecule has 6 nitrogen and oxygen atoms in total. The van der Waals surface area contributed by atoms with Crippen molar-refractivity contribution in [1.82, 2.24) is 14.8 Å². The van der Waals surface area contributed by atoms with Crippen molar-refractivity contribution in [3.8, 4) is 5.75 Å². The van der Waals surface area contributed by atoms with Gasteiger partial charge in [0.25, 0.3) is 0 Å². The van der Waals surface area contributed by atoms with E-state index in [-0.39, 0.29) is 11.8 Å². The molecule has 1 aromatic carbocycles. The van der Waals surface area contributed by atoms with Gasteiger partial charge in [-0.15, -0.1) is 0 Å². The summed E-state index contributed by atoms with van der Waals surface area (Å²) in [5, 5.41) is 7.58. The van der Waals surface area contributed by atoms with Crippen molar-refractivity contribution in [2.75, 3.05) is 12.4 Å². The van der Waals surface area contributed by atoms with Crippen molar-refractivity contribution in [3.05, 3.63) is 70.7 Å². The molecule has 2 aromatic heterocycles. The minimum atomic E-state index is -0.0488. The predicted octanol–water partition coefficient (Wildman–Crippen LogP) is 3.30. The Bertz CT molecular complexity index is 1040. The van der Waals surface area contributed by atoms with Gasteiger partial charge in [-0.05, 0) is 48.1 Å². The number of nitrogens with one attached hydrogen (secondary N) is 1. The van der Waals surface area contributed by atoms with E-state index >= 15 is 0 Å². The summed E-state index contributed by atoms with van der Waals surface area (Å²) in [6.45, 7) is 0.567. The molecule has 5 rings (SSSR count). The van der Waals surface area contributed by atoms with Crippen LogP contribution < -0.4 is 10.1 Å². The van der Waals surface area contributed by atoms with E-state index in [1.807, 2.05) is 29.2 Å². The second-order valence-electron chi connectivity index (χ2n) is 7.49. The van der Waals surface area contributed by atoms with Crippen molar-refractivity contribution in [2.24, 2.45) is 0 Å². The summed E-state index contributed by atoms with van der Waals surface area (Å²) in [4.78, 5) is 16.7. The molecule has 1 aliphatic carbocycles. The highest BCUT2D eigenvalue weighted by Gasteiger charge is 2.32. The molecule has 2 aliphatic rings. The van der Waals surface area contributed by atoms with Crippen LogP contribution in [-0.4, -0.2) is 27.8 Å². The maximum absolute atomic E-state index is 12.5. The van der Waals surface area contributed by atoms with Crippen LogP contribution in [0.4, 0.5) is 5.82 Å². The Morgan fingerprint density at radius 1 is 1.21 bits per heavy atom. The van der Waals surface area contributed by atoms with E-state index in [9.17, 15) is 4.79 Å². The standard InChI is InChI=1S/C22H22N4O2/c1-28-20-9-16-6-2-5-15(16)8-18(20)17-10-21(27)25-22-19(17)12-24-26(22)13-14-4-3-7-23-11-14/h3-4,7-9,11-12,17H,2,5-6,10,13H2,1H3,(H,25,27). The Balaban J connectivity index is 1.56. The third-order valence-electron chi connectivity index (χ3n) is 5.77. The summed E-state index contributed by atoms with van der Waals surface area (Å²) in [5.41, 5.74) is 5.92. The molecule has 6 heteroatoms. The number of anilines is 1. The first-order valence-electron chi connectivity index (χ1n) is 9.67. The van der Waals surface area contributed by atoms with E-state index in [0.29, 0.717) is 13.0 Å². The third kappa shape index (κ3) is 2.85. The Hall–Kier alpha value is -3.15. The van der Waals surface area contributed by atoms with E-state index in [2.05, 4.69) is 27.5 Å². The molecule has 1 aliphatic heterocycles. The number of pyridine rings is 1. The van der Waals surface area contributed by atoms with Crippen LogP contribution in [0.3, 0.4) is 0 Å². The second-order valence-corrected chi connectivity index (χ2v) is 7.49. The first-order chi connectivity index (χ1) is 13.7. The Kier molecular flexibility index (Phi) is 4.11. The number of methoxy groups -OCH3 is 1. The van der Waals surface area contributed by atoms with Gasteiger partial charge in [-0.3, -0.25) is 9.78 Å². The number of hydrogen-bond acceptors (Lipinski definition) is 4. The van der Waals surface area contributed by atoms with Crippen LogP contribution in [0.25, 0.3) is 0 Å². The maximum Gasteiger partial charge on any atom is 0.226 e. The predicted molar refractivity (Wildman–Crippen MR) is 106 cm³/mol. The Morgan fingerprint density at radius 2 is 2.07 bits per heavy atom. The van der Waals surface area contributed by atoms with Gasteiger partial charge in [0.2, 0.25) is 5.91 Å². The van der Waals surface area contributed by atoms with E-state index in [4.69, 9.17) is 4.74 Å². The first kappa shape index (κ1) is 17.0. The minimum absolute atomic E-state index is 0.00740. The highest BCUT2D eigenvalue weighted by Crippen LogP contribution is 2.43. The number of amides is 1. The van der Waals surface area contributed by atoms with Crippen molar-refractivity contribution >= 4 is 11.7 Å². The van der Waals surface area contributed by atoms with Crippen LogP contribution in [0, 0.1) is 0 Å². The molecular formula is C22H22N4O2. The fourth-order valence-corrected chi connectivity index (χ4v) is 4.40. The molecule has 142 valence electrons. The van der Waals surface area contributed by atoms with Crippen LogP contribution in [0.1, 0.15) is 46.6 Å². The number of hydrogen-bond donors (Lipinski definition) is 1. The van der Waals surface area contributed by atoms with Gasteiger partial charge >= 0.3 is 0 Å². The van der Waals surface area contributed by atoms with E-state index < -0.39 is 0 Å². The van der Waals surface area contributed by atoms with Gasteiger partial charge in [-0.2, -0.15) is 5.10 Å². The van der Waals surface area contributed by atoms with Gasteiger partial charge in [0.05, 0.1) is 19.9 Å². The second kappa shape index (κ2) is 6.78. The zero-order chi connectivity index (χ0) is 19.1. The molecule has 1 unspecified atom stereocenters. The lowest BCUT2D eigenvalue weighted by Gasteiger charge is -2.26. The van der Waals surface area contributed by atoms with Gasteiger partial charge in [0, 0.05) is 35.9 Å². The normalized spacial score (nSPS) is 17.8. The topological polar surface area (TPSA) is 69.0 Å². The average Bonchev–Trinajstić information content (AvgIpc) is 3.34. The first-order valence-corrected chi connectivity index (χ1v) is 9.67. The number of fused-ring (bicyclic) bond motifs is 2. The number of carbonyl (C=O) groups is 1. The number of ether oxygens (including phenoxy) is 1. The summed E-state index contributed by atoms with van der Waals surface area (Å²) >= 11 is 0. The van der Waals surface area contributed by atoms with Crippen molar-refractivity contribution in [3.63, 3.8) is 0 Å². The smallest absolute Gasteiger partial charge is 0.226 e. The van der Waals surface area contributed by atoms with Crippen molar-refractivity contribution in [1.29, 1.82) is 0 Å². The molecule has 1 N–H and O–H groups in total. The Morgan fingerprint density at radius 3 is 2.86 bits per heavy atom. The lowest BCUT2D eigenvalue weighted by molar-refractivity contribution is -0.116. The zero-order valence-electron chi connectivity index (χ0n) is 15.8. The highest BCUT2D eigenvalue weighted by atomic mass is 16.5. The van der Waals surface area contributed by atoms with Gasteiger partial charge in [0.1, 0.15) is 11.6 Å². The summed E-state index contributed by atoms with van der Waals surface area (Å²) < 4.78 is 7.55. The molecular weight excluding hydrogens is 352 g/mol. The molecule has 0 bridgehead atoms. The maximum atomic E-state index is 12.5. The molecule has 28 heavy (non-hydrogen) atoms. The average molecular weight is 374 g/mol. The minimum Gasteiger partial charge on any atom is -0.496 e. The van der Waals surface area contributed by atoms with E-state index in [1.165, 1.54) is 17.5 Å². The number of benzene rings is 1. The monoisotopic (exact) mass is 374 g/mol. The molecule has 0 saturated heterocycles. The molecule has 0 fully saturated rings. The van der Waals surface area contributed by atoms with Gasteiger partial charge in [-0.1, -0.05) is 12.1 Å². The number of nitrogens with zero attached hydrogens (tertiary/aromatic N) is 3. The number of aryl methyl sites for hydroxylation is 2. The van der Waals surface area contributed by atoms with E-state index in [0.717, 1.165) is 41.1 Å². The van der Waals surface area contributed by atoms with Crippen LogP contribution in [-0.2, 0) is 24.2 Å². The lowest BCUT2D eigenvalue weighted by atomic mass is 9.85. The largest absolute Gasteiger partial charge is 0.496 e. The van der Waals surface area contributed by atoms with Crippen molar-refractivity contribution in [2.45, 2.75) is 38.1 Å². The number of rotatable bonds is 4. The fraction of sp³-hybridized carbons (Fsp3) is 0.318. The van der Waals surface area contributed by atoms with Gasteiger partial charge < -0.3 is 10.1 Å². The molecule has 0 radical (unpaired) electrons. The summed E-state index contributed by atoms with van der Waals surface area (Å²) in [6.07, 6.45) is 9.23. The Labute approximate surface area is 163 Å². The number of aromatic nitrogens is 3. The van der Waals surface area contributed by atoms with Crippen LogP contribution >= 0.6 is 0 Å². The fourth-order valence-electron chi connectivity index (χ4n) is 4.40. The van der Waals surface area contributed by atoms with Gasteiger partial charge in [-0.25, -0.2) is 4.68 Å². The third-order valence-corrected chi connectivity index (χ3v) is 5.77. The van der Waals surface area contributed by atoms with Crippen LogP contribution in [0.15, 0.2) is 42.9 Å². The molecule has 1 amide bonds. The van der Waals surface area contributed by atoms with Crippen LogP contribution in [0.2, 0.25) is 0 Å². The quantitative estimate of drug-likeness (QED) is 0.761. The zero-order valence-corrected chi connectivity index (χ0v) is 15.8. The lowest BCUT2D eigenvalue weighted by Crippen LogP contribution is -2.25. The summed E-state index contributed by atoms with van der Waals surface area (Å²) in [5.74, 6) is 1.60. The van der Waals surface area contributed by atoms with Crippen molar-refractivity contribution < 1.29 is 9.53 Å². The SMILES string of the molecule is COc1cc2c(cc1C1CC(=O)Nc3c1cnn3Cc1cccnc1)CCC2. The van der Waals surface area contributed by atoms with Crippen LogP contribution in [0.5, 0.6) is 5.75 Å². The molecule has 1 atom stereocenters. The molecule has 3 aromatic rings. The number of carbonyl (C=O) groups excluding carboxylic acids is 1. The highest BCUT2D eigenvalue weighted by molar-refractivity contribution is 5.94. The van der Waals surface area contributed by atoms with Gasteiger partial charge in [0.15, 0.2) is 0 Å². The van der Waals surface area contributed by atoms with E-state index in [1.54, 1.807) is 13.3 Å². The molecule has 0 saturated carbocycles.